The minimum absolute atomic E-state index is 0.578. The SMILES string of the molecule is O=CC(OCF)c1ccccc1. The Kier molecular flexibility index (Phi) is 3.41. The molecule has 0 aliphatic carbocycles. The standard InChI is InChI=1S/C9H9FO2/c10-7-12-9(6-11)8-4-2-1-3-5-8/h1-6,9H,7H2. The van der Waals surface area contributed by atoms with E-state index >= 15 is 0 Å². The first kappa shape index (κ1) is 8.87. The van der Waals surface area contributed by atoms with Crippen molar-refractivity contribution in [3.63, 3.8) is 0 Å². The summed E-state index contributed by atoms with van der Waals surface area (Å²) in [6.07, 6.45) is -0.203. The largest absolute Gasteiger partial charge is 0.335 e. The van der Waals surface area contributed by atoms with Crippen LogP contribution in [0.5, 0.6) is 0 Å². The molecule has 12 heavy (non-hydrogen) atoms. The van der Waals surface area contributed by atoms with E-state index in [1.807, 2.05) is 6.07 Å². The van der Waals surface area contributed by atoms with Crippen LogP contribution in [0.25, 0.3) is 0 Å². The van der Waals surface area contributed by atoms with Gasteiger partial charge in [-0.3, -0.25) is 0 Å². The van der Waals surface area contributed by atoms with Gasteiger partial charge in [0.15, 0.2) is 13.1 Å². The molecular formula is C9H9FO2. The lowest BCUT2D eigenvalue weighted by molar-refractivity contribution is -0.121. The molecule has 0 fully saturated rings. The van der Waals surface area contributed by atoms with Crippen molar-refractivity contribution in [2.75, 3.05) is 6.86 Å². The van der Waals surface area contributed by atoms with E-state index < -0.39 is 13.0 Å². The second kappa shape index (κ2) is 4.62. The number of carbonyl (C=O) groups excluding carboxylic acids is 1. The third-order valence-electron chi connectivity index (χ3n) is 1.49. The Morgan fingerprint density at radius 3 is 2.58 bits per heavy atom. The Hall–Kier alpha value is -1.22. The van der Waals surface area contributed by atoms with Crippen LogP contribution in [0.15, 0.2) is 30.3 Å². The number of halogens is 1. The molecule has 64 valence electrons. The molecule has 1 aromatic rings. The van der Waals surface area contributed by atoms with Crippen LogP contribution < -0.4 is 0 Å². The van der Waals surface area contributed by atoms with Crippen molar-refractivity contribution < 1.29 is 13.9 Å². The average molecular weight is 168 g/mol. The lowest BCUT2D eigenvalue weighted by Crippen LogP contribution is -2.04. The summed E-state index contributed by atoms with van der Waals surface area (Å²) in [5, 5.41) is 0. The summed E-state index contributed by atoms with van der Waals surface area (Å²) in [7, 11) is 0. The Balaban J connectivity index is 2.73. The maximum Gasteiger partial charge on any atom is 0.189 e. The summed E-state index contributed by atoms with van der Waals surface area (Å²) in [5.41, 5.74) is 0.671. The highest BCUT2D eigenvalue weighted by molar-refractivity contribution is 5.59. The quantitative estimate of drug-likeness (QED) is 0.641. The van der Waals surface area contributed by atoms with Gasteiger partial charge in [-0.2, -0.15) is 0 Å². The fourth-order valence-corrected chi connectivity index (χ4v) is 0.925. The van der Waals surface area contributed by atoms with Crippen LogP contribution in [0, 0.1) is 0 Å². The zero-order chi connectivity index (χ0) is 8.81. The third-order valence-corrected chi connectivity index (χ3v) is 1.49. The Morgan fingerprint density at radius 2 is 2.08 bits per heavy atom. The highest BCUT2D eigenvalue weighted by atomic mass is 19.1. The first-order valence-electron chi connectivity index (χ1n) is 3.56. The lowest BCUT2D eigenvalue weighted by Gasteiger charge is -2.07. The molecule has 3 heteroatoms. The summed E-state index contributed by atoms with van der Waals surface area (Å²) < 4.78 is 16.3. The summed E-state index contributed by atoms with van der Waals surface area (Å²) in [6.45, 7) is -0.946. The molecule has 2 nitrogen and oxygen atoms in total. The first-order chi connectivity index (χ1) is 5.88. The number of hydrogen-bond acceptors (Lipinski definition) is 2. The molecule has 1 aromatic carbocycles. The minimum Gasteiger partial charge on any atom is -0.335 e. The van der Waals surface area contributed by atoms with Crippen molar-refractivity contribution >= 4 is 6.29 Å². The molecule has 1 rings (SSSR count). The average Bonchev–Trinajstić information content (AvgIpc) is 2.15. The first-order valence-corrected chi connectivity index (χ1v) is 3.56. The van der Waals surface area contributed by atoms with Crippen LogP contribution in [0.3, 0.4) is 0 Å². The van der Waals surface area contributed by atoms with E-state index in [1.165, 1.54) is 0 Å². The van der Waals surface area contributed by atoms with Gasteiger partial charge >= 0.3 is 0 Å². The highest BCUT2D eigenvalue weighted by Gasteiger charge is 2.08. The van der Waals surface area contributed by atoms with E-state index in [0.29, 0.717) is 11.8 Å². The van der Waals surface area contributed by atoms with E-state index in [0.717, 1.165) is 0 Å². The Labute approximate surface area is 70.0 Å². The summed E-state index contributed by atoms with van der Waals surface area (Å²) in [6, 6.07) is 8.80. The van der Waals surface area contributed by atoms with Crippen molar-refractivity contribution in [2.45, 2.75) is 6.10 Å². The fourth-order valence-electron chi connectivity index (χ4n) is 0.925. The van der Waals surface area contributed by atoms with Gasteiger partial charge in [-0.25, -0.2) is 4.39 Å². The topological polar surface area (TPSA) is 26.3 Å². The van der Waals surface area contributed by atoms with Gasteiger partial charge in [-0.05, 0) is 5.56 Å². The Bertz CT molecular complexity index is 236. The molecule has 0 N–H and O–H groups in total. The number of carbonyl (C=O) groups is 1. The predicted molar refractivity (Wildman–Crippen MR) is 42.3 cm³/mol. The molecule has 1 unspecified atom stereocenters. The molecule has 0 aliphatic heterocycles. The van der Waals surface area contributed by atoms with Gasteiger partial charge in [0, 0.05) is 0 Å². The molecule has 0 aliphatic rings. The summed E-state index contributed by atoms with van der Waals surface area (Å²) in [5.74, 6) is 0. The number of rotatable bonds is 4. The fraction of sp³-hybridized carbons (Fsp3) is 0.222. The van der Waals surface area contributed by atoms with Crippen LogP contribution in [0.4, 0.5) is 4.39 Å². The molecule has 1 atom stereocenters. The van der Waals surface area contributed by atoms with Crippen LogP contribution in [0.2, 0.25) is 0 Å². The minimum atomic E-state index is -0.946. The number of hydrogen-bond donors (Lipinski definition) is 0. The molecular weight excluding hydrogens is 159 g/mol. The highest BCUT2D eigenvalue weighted by Crippen LogP contribution is 2.13. The Morgan fingerprint density at radius 1 is 1.42 bits per heavy atom. The molecule has 0 amide bonds. The van der Waals surface area contributed by atoms with Crippen molar-refractivity contribution in [2.24, 2.45) is 0 Å². The second-order valence-corrected chi connectivity index (χ2v) is 2.24. The molecule has 0 aromatic heterocycles. The monoisotopic (exact) mass is 168 g/mol. The maximum absolute atomic E-state index is 11.7. The lowest BCUT2D eigenvalue weighted by atomic mass is 10.1. The smallest absolute Gasteiger partial charge is 0.189 e. The second-order valence-electron chi connectivity index (χ2n) is 2.24. The van der Waals surface area contributed by atoms with E-state index in [1.54, 1.807) is 24.3 Å². The third kappa shape index (κ3) is 2.13. The van der Waals surface area contributed by atoms with Gasteiger partial charge in [-0.15, -0.1) is 0 Å². The van der Waals surface area contributed by atoms with Gasteiger partial charge in [0.25, 0.3) is 0 Å². The van der Waals surface area contributed by atoms with Gasteiger partial charge in [-0.1, -0.05) is 30.3 Å². The van der Waals surface area contributed by atoms with E-state index in [9.17, 15) is 9.18 Å². The number of aldehydes is 1. The van der Waals surface area contributed by atoms with Crippen molar-refractivity contribution in [3.8, 4) is 0 Å². The van der Waals surface area contributed by atoms with E-state index in [-0.39, 0.29) is 0 Å². The van der Waals surface area contributed by atoms with Crippen molar-refractivity contribution in [3.05, 3.63) is 35.9 Å². The summed E-state index contributed by atoms with van der Waals surface area (Å²) >= 11 is 0. The van der Waals surface area contributed by atoms with Gasteiger partial charge in [0.1, 0.15) is 6.10 Å². The normalized spacial score (nSPS) is 12.4. The van der Waals surface area contributed by atoms with Gasteiger partial charge in [0.2, 0.25) is 0 Å². The molecule has 0 bridgehead atoms. The van der Waals surface area contributed by atoms with Gasteiger partial charge < -0.3 is 9.53 Å². The van der Waals surface area contributed by atoms with Crippen molar-refractivity contribution in [1.29, 1.82) is 0 Å². The summed E-state index contributed by atoms with van der Waals surface area (Å²) in [4.78, 5) is 10.4. The van der Waals surface area contributed by atoms with E-state index in [2.05, 4.69) is 4.74 Å². The van der Waals surface area contributed by atoms with Crippen LogP contribution in [-0.4, -0.2) is 13.1 Å². The maximum atomic E-state index is 11.7. The zero-order valence-electron chi connectivity index (χ0n) is 6.44. The van der Waals surface area contributed by atoms with Crippen LogP contribution in [0.1, 0.15) is 11.7 Å². The molecule has 0 heterocycles. The molecule has 0 saturated carbocycles. The molecule has 0 spiro atoms. The molecule has 0 radical (unpaired) electrons. The number of ether oxygens (including phenoxy) is 1. The predicted octanol–water partition coefficient (Wildman–Crippen LogP) is 1.87. The van der Waals surface area contributed by atoms with Crippen molar-refractivity contribution in [1.82, 2.24) is 0 Å². The number of alkyl halides is 1. The van der Waals surface area contributed by atoms with E-state index in [4.69, 9.17) is 0 Å². The molecule has 0 saturated heterocycles. The number of benzene rings is 1. The van der Waals surface area contributed by atoms with Crippen LogP contribution in [-0.2, 0) is 9.53 Å². The van der Waals surface area contributed by atoms with Gasteiger partial charge in [0.05, 0.1) is 0 Å². The zero-order valence-corrected chi connectivity index (χ0v) is 6.44. The van der Waals surface area contributed by atoms with Crippen LogP contribution >= 0.6 is 0 Å².